The molecule has 0 spiro atoms. The standard InChI is InChI=1S/C14H21N3O2/c1-8-5-6-12(7-13(8)16-11(4)18)17-14(19)9(2)10(3)15/h5-7,9-10H,15H2,1-4H3,(H,16,18)(H,17,19). The van der Waals surface area contributed by atoms with E-state index in [2.05, 4.69) is 10.6 Å². The molecule has 2 unspecified atom stereocenters. The van der Waals surface area contributed by atoms with Crippen LogP contribution in [0.3, 0.4) is 0 Å². The molecule has 4 N–H and O–H groups in total. The molecule has 1 aromatic rings. The Balaban J connectivity index is 2.85. The van der Waals surface area contributed by atoms with Gasteiger partial charge in [0.1, 0.15) is 0 Å². The molecule has 5 nitrogen and oxygen atoms in total. The molecule has 0 bridgehead atoms. The van der Waals surface area contributed by atoms with Crippen LogP contribution in [-0.2, 0) is 9.59 Å². The third kappa shape index (κ3) is 4.37. The largest absolute Gasteiger partial charge is 0.327 e. The summed E-state index contributed by atoms with van der Waals surface area (Å²) in [5, 5.41) is 5.52. The fourth-order valence-corrected chi connectivity index (χ4v) is 1.52. The van der Waals surface area contributed by atoms with Crippen LogP contribution >= 0.6 is 0 Å². The van der Waals surface area contributed by atoms with Crippen LogP contribution < -0.4 is 16.4 Å². The first-order chi connectivity index (χ1) is 8.81. The zero-order chi connectivity index (χ0) is 14.6. The van der Waals surface area contributed by atoms with Crippen molar-refractivity contribution in [1.82, 2.24) is 0 Å². The van der Waals surface area contributed by atoms with Crippen molar-refractivity contribution in [3.05, 3.63) is 23.8 Å². The van der Waals surface area contributed by atoms with E-state index in [0.717, 1.165) is 5.56 Å². The van der Waals surface area contributed by atoms with E-state index < -0.39 is 0 Å². The molecule has 0 aliphatic rings. The third-order valence-electron chi connectivity index (χ3n) is 3.02. The number of aryl methyl sites for hydroxylation is 1. The zero-order valence-electron chi connectivity index (χ0n) is 11.8. The summed E-state index contributed by atoms with van der Waals surface area (Å²) >= 11 is 0. The van der Waals surface area contributed by atoms with Gasteiger partial charge < -0.3 is 16.4 Å². The molecule has 0 fully saturated rings. The molecule has 0 saturated heterocycles. The van der Waals surface area contributed by atoms with Crippen LogP contribution in [0.1, 0.15) is 26.3 Å². The van der Waals surface area contributed by atoms with Crippen molar-refractivity contribution in [3.63, 3.8) is 0 Å². The Kier molecular flexibility index (Phi) is 5.06. The van der Waals surface area contributed by atoms with Crippen LogP contribution in [0.2, 0.25) is 0 Å². The van der Waals surface area contributed by atoms with Gasteiger partial charge in [0.05, 0.1) is 5.92 Å². The Hall–Kier alpha value is -1.88. The topological polar surface area (TPSA) is 84.2 Å². The quantitative estimate of drug-likeness (QED) is 0.775. The summed E-state index contributed by atoms with van der Waals surface area (Å²) in [6.07, 6.45) is 0. The van der Waals surface area contributed by atoms with Gasteiger partial charge in [-0.05, 0) is 31.5 Å². The Morgan fingerprint density at radius 3 is 2.37 bits per heavy atom. The van der Waals surface area contributed by atoms with E-state index in [1.54, 1.807) is 26.0 Å². The number of amides is 2. The van der Waals surface area contributed by atoms with Crippen molar-refractivity contribution in [2.45, 2.75) is 33.7 Å². The molecule has 0 aliphatic heterocycles. The molecule has 0 heterocycles. The summed E-state index contributed by atoms with van der Waals surface area (Å²) in [7, 11) is 0. The van der Waals surface area contributed by atoms with E-state index in [9.17, 15) is 9.59 Å². The maximum atomic E-state index is 11.9. The second-order valence-electron chi connectivity index (χ2n) is 4.85. The molecular formula is C14H21N3O2. The van der Waals surface area contributed by atoms with E-state index in [0.29, 0.717) is 11.4 Å². The van der Waals surface area contributed by atoms with Crippen LogP contribution in [0.4, 0.5) is 11.4 Å². The second-order valence-corrected chi connectivity index (χ2v) is 4.85. The Bertz CT molecular complexity index is 484. The predicted molar refractivity (Wildman–Crippen MR) is 76.9 cm³/mol. The van der Waals surface area contributed by atoms with Gasteiger partial charge in [-0.2, -0.15) is 0 Å². The number of rotatable bonds is 4. The van der Waals surface area contributed by atoms with Crippen LogP contribution in [0, 0.1) is 12.8 Å². The third-order valence-corrected chi connectivity index (χ3v) is 3.02. The average Bonchev–Trinajstić information content (AvgIpc) is 2.31. The first-order valence-corrected chi connectivity index (χ1v) is 6.26. The fourth-order valence-electron chi connectivity index (χ4n) is 1.52. The summed E-state index contributed by atoms with van der Waals surface area (Å²) < 4.78 is 0. The molecule has 0 aliphatic carbocycles. The zero-order valence-corrected chi connectivity index (χ0v) is 11.8. The highest BCUT2D eigenvalue weighted by Crippen LogP contribution is 2.21. The van der Waals surface area contributed by atoms with Gasteiger partial charge in [-0.15, -0.1) is 0 Å². The summed E-state index contributed by atoms with van der Waals surface area (Å²) in [4.78, 5) is 23.0. The van der Waals surface area contributed by atoms with E-state index in [1.807, 2.05) is 13.0 Å². The van der Waals surface area contributed by atoms with Crippen molar-refractivity contribution in [2.75, 3.05) is 10.6 Å². The molecule has 1 rings (SSSR count). The fraction of sp³-hybridized carbons (Fsp3) is 0.429. The number of nitrogens with one attached hydrogen (secondary N) is 2. The molecule has 104 valence electrons. The highest BCUT2D eigenvalue weighted by molar-refractivity contribution is 5.95. The lowest BCUT2D eigenvalue weighted by molar-refractivity contribution is -0.119. The van der Waals surface area contributed by atoms with Gasteiger partial charge in [-0.25, -0.2) is 0 Å². The highest BCUT2D eigenvalue weighted by atomic mass is 16.2. The molecule has 0 radical (unpaired) electrons. The summed E-state index contributed by atoms with van der Waals surface area (Å²) in [6, 6.07) is 5.17. The minimum atomic E-state index is -0.273. The van der Waals surface area contributed by atoms with Gasteiger partial charge in [0.2, 0.25) is 11.8 Å². The number of benzene rings is 1. The number of anilines is 2. The normalized spacial score (nSPS) is 13.5. The molecule has 2 atom stereocenters. The van der Waals surface area contributed by atoms with Gasteiger partial charge in [-0.3, -0.25) is 9.59 Å². The Morgan fingerprint density at radius 2 is 1.84 bits per heavy atom. The SMILES string of the molecule is CC(=O)Nc1cc(NC(=O)C(C)C(C)N)ccc1C. The smallest absolute Gasteiger partial charge is 0.228 e. The van der Waals surface area contributed by atoms with Gasteiger partial charge in [0.15, 0.2) is 0 Å². The number of nitrogens with two attached hydrogens (primary N) is 1. The van der Waals surface area contributed by atoms with E-state index >= 15 is 0 Å². The number of carbonyl (C=O) groups is 2. The molecule has 0 saturated carbocycles. The van der Waals surface area contributed by atoms with Crippen LogP contribution in [-0.4, -0.2) is 17.9 Å². The number of carbonyl (C=O) groups excluding carboxylic acids is 2. The summed E-state index contributed by atoms with van der Waals surface area (Å²) in [5.41, 5.74) is 7.97. The van der Waals surface area contributed by atoms with E-state index in [4.69, 9.17) is 5.73 Å². The lowest BCUT2D eigenvalue weighted by atomic mass is 10.0. The highest BCUT2D eigenvalue weighted by Gasteiger charge is 2.17. The van der Waals surface area contributed by atoms with Crippen LogP contribution in [0.15, 0.2) is 18.2 Å². The molecule has 19 heavy (non-hydrogen) atoms. The molecule has 1 aromatic carbocycles. The lowest BCUT2D eigenvalue weighted by Crippen LogP contribution is -2.34. The maximum absolute atomic E-state index is 11.9. The first-order valence-electron chi connectivity index (χ1n) is 6.26. The van der Waals surface area contributed by atoms with Crippen LogP contribution in [0.25, 0.3) is 0 Å². The summed E-state index contributed by atoms with van der Waals surface area (Å²) in [5.74, 6) is -0.548. The van der Waals surface area contributed by atoms with E-state index in [1.165, 1.54) is 6.92 Å². The molecule has 2 amide bonds. The van der Waals surface area contributed by atoms with Crippen molar-refractivity contribution >= 4 is 23.2 Å². The monoisotopic (exact) mass is 263 g/mol. The lowest BCUT2D eigenvalue weighted by Gasteiger charge is -2.16. The summed E-state index contributed by atoms with van der Waals surface area (Å²) in [6.45, 7) is 6.91. The minimum Gasteiger partial charge on any atom is -0.327 e. The number of hydrogen-bond acceptors (Lipinski definition) is 3. The Morgan fingerprint density at radius 1 is 1.21 bits per heavy atom. The molecule has 5 heteroatoms. The second kappa shape index (κ2) is 6.33. The maximum Gasteiger partial charge on any atom is 0.228 e. The average molecular weight is 263 g/mol. The minimum absolute atomic E-state index is 0.132. The van der Waals surface area contributed by atoms with Crippen molar-refractivity contribution < 1.29 is 9.59 Å². The van der Waals surface area contributed by atoms with Gasteiger partial charge in [-0.1, -0.05) is 13.0 Å². The van der Waals surface area contributed by atoms with Gasteiger partial charge in [0.25, 0.3) is 0 Å². The Labute approximate surface area is 113 Å². The van der Waals surface area contributed by atoms with Crippen LogP contribution in [0.5, 0.6) is 0 Å². The number of hydrogen-bond donors (Lipinski definition) is 3. The first kappa shape index (κ1) is 15.2. The van der Waals surface area contributed by atoms with E-state index in [-0.39, 0.29) is 23.8 Å². The molecule has 0 aromatic heterocycles. The predicted octanol–water partition coefficient (Wildman–Crippen LogP) is 1.88. The van der Waals surface area contributed by atoms with Gasteiger partial charge in [0, 0.05) is 24.3 Å². The van der Waals surface area contributed by atoms with Crippen molar-refractivity contribution in [2.24, 2.45) is 11.7 Å². The van der Waals surface area contributed by atoms with Crippen molar-refractivity contribution in [1.29, 1.82) is 0 Å². The molecular weight excluding hydrogens is 242 g/mol. The van der Waals surface area contributed by atoms with Gasteiger partial charge >= 0.3 is 0 Å². The van der Waals surface area contributed by atoms with Crippen molar-refractivity contribution in [3.8, 4) is 0 Å².